The number of aryl methyl sites for hydroxylation is 1. The van der Waals surface area contributed by atoms with Crippen LogP contribution in [0.2, 0.25) is 0 Å². The largest absolute Gasteiger partial charge is 0.389 e. The second-order valence-electron chi connectivity index (χ2n) is 5.51. The second kappa shape index (κ2) is 5.44. The van der Waals surface area contributed by atoms with Gasteiger partial charge in [0.15, 0.2) is 0 Å². The molecule has 112 valence electrons. The Morgan fingerprint density at radius 2 is 2.10 bits per heavy atom. The van der Waals surface area contributed by atoms with Crippen LogP contribution in [0.4, 0.5) is 4.79 Å². The fraction of sp³-hybridized carbons (Fsp3) is 0.400. The zero-order valence-electron chi connectivity index (χ0n) is 12.4. The molecular weight excluding hydrogens is 286 g/mol. The molecule has 1 atom stereocenters. The summed E-state index contributed by atoms with van der Waals surface area (Å²) in [6.45, 7) is 5.79. The van der Waals surface area contributed by atoms with Crippen molar-refractivity contribution in [2.24, 2.45) is 5.73 Å². The van der Waals surface area contributed by atoms with E-state index in [4.69, 9.17) is 18.0 Å². The minimum Gasteiger partial charge on any atom is -0.389 e. The standard InChI is InChI=1S/C15H19N3O2S/c1-4-15(3)13(19)18(14(20)17-15)8-11-6-5-10(12(16)21)7-9(11)2/h5-7H,4,8H2,1-3H3,(H2,16,21)(H,17,20). The maximum absolute atomic E-state index is 12.4. The highest BCUT2D eigenvalue weighted by Gasteiger charge is 2.46. The van der Waals surface area contributed by atoms with E-state index in [-0.39, 0.29) is 18.5 Å². The molecule has 0 saturated carbocycles. The number of carbonyl (C=O) groups is 2. The van der Waals surface area contributed by atoms with E-state index >= 15 is 0 Å². The van der Waals surface area contributed by atoms with Crippen molar-refractivity contribution in [1.29, 1.82) is 0 Å². The Labute approximate surface area is 129 Å². The van der Waals surface area contributed by atoms with Crippen molar-refractivity contribution in [1.82, 2.24) is 10.2 Å². The van der Waals surface area contributed by atoms with Gasteiger partial charge in [-0.05, 0) is 37.5 Å². The topological polar surface area (TPSA) is 75.4 Å². The quantitative estimate of drug-likeness (QED) is 0.657. The average molecular weight is 305 g/mol. The maximum atomic E-state index is 12.4. The van der Waals surface area contributed by atoms with Gasteiger partial charge >= 0.3 is 6.03 Å². The minimum absolute atomic E-state index is 0.187. The van der Waals surface area contributed by atoms with Crippen molar-refractivity contribution >= 4 is 29.1 Å². The number of rotatable bonds is 4. The summed E-state index contributed by atoms with van der Waals surface area (Å²) in [5.41, 5.74) is 7.43. The van der Waals surface area contributed by atoms with E-state index < -0.39 is 5.54 Å². The molecule has 3 N–H and O–H groups in total. The highest BCUT2D eigenvalue weighted by molar-refractivity contribution is 7.80. The summed E-state index contributed by atoms with van der Waals surface area (Å²) in [5, 5.41) is 2.75. The molecule has 1 aromatic carbocycles. The molecule has 1 saturated heterocycles. The maximum Gasteiger partial charge on any atom is 0.325 e. The van der Waals surface area contributed by atoms with E-state index in [1.165, 1.54) is 4.90 Å². The van der Waals surface area contributed by atoms with Gasteiger partial charge < -0.3 is 11.1 Å². The number of nitrogens with one attached hydrogen (secondary N) is 1. The van der Waals surface area contributed by atoms with Gasteiger partial charge in [-0.2, -0.15) is 0 Å². The van der Waals surface area contributed by atoms with Crippen LogP contribution in [0.25, 0.3) is 0 Å². The molecule has 0 spiro atoms. The summed E-state index contributed by atoms with van der Waals surface area (Å²) < 4.78 is 0. The van der Waals surface area contributed by atoms with Crippen LogP contribution in [0.5, 0.6) is 0 Å². The van der Waals surface area contributed by atoms with Crippen LogP contribution in [-0.4, -0.2) is 27.4 Å². The third-order valence-electron chi connectivity index (χ3n) is 4.01. The number of benzene rings is 1. The zero-order chi connectivity index (χ0) is 15.8. The lowest BCUT2D eigenvalue weighted by molar-refractivity contribution is -0.131. The number of hydrogen-bond acceptors (Lipinski definition) is 3. The molecule has 1 unspecified atom stereocenters. The summed E-state index contributed by atoms with van der Waals surface area (Å²) in [5.74, 6) is -0.187. The summed E-state index contributed by atoms with van der Waals surface area (Å²) in [6.07, 6.45) is 0.563. The third-order valence-corrected chi connectivity index (χ3v) is 4.24. The van der Waals surface area contributed by atoms with E-state index in [0.29, 0.717) is 11.4 Å². The van der Waals surface area contributed by atoms with Crippen molar-refractivity contribution < 1.29 is 9.59 Å². The van der Waals surface area contributed by atoms with E-state index in [2.05, 4.69) is 5.32 Å². The molecule has 0 aromatic heterocycles. The first-order chi connectivity index (χ1) is 9.78. The number of thiocarbonyl (C=S) groups is 1. The number of imide groups is 1. The predicted molar refractivity (Wildman–Crippen MR) is 84.8 cm³/mol. The smallest absolute Gasteiger partial charge is 0.325 e. The fourth-order valence-corrected chi connectivity index (χ4v) is 2.45. The SMILES string of the molecule is CCC1(C)NC(=O)N(Cc2ccc(C(N)=S)cc2C)C1=O. The monoisotopic (exact) mass is 305 g/mol. The van der Waals surface area contributed by atoms with Crippen LogP contribution in [0.15, 0.2) is 18.2 Å². The first kappa shape index (κ1) is 15.4. The predicted octanol–water partition coefficient (Wildman–Crippen LogP) is 1.85. The van der Waals surface area contributed by atoms with Crippen LogP contribution < -0.4 is 11.1 Å². The third kappa shape index (κ3) is 2.76. The number of nitrogens with two attached hydrogens (primary N) is 1. The molecule has 3 amide bonds. The van der Waals surface area contributed by atoms with Gasteiger partial charge in [0.05, 0.1) is 6.54 Å². The van der Waals surface area contributed by atoms with E-state index in [9.17, 15) is 9.59 Å². The molecule has 0 aliphatic carbocycles. The van der Waals surface area contributed by atoms with Crippen molar-refractivity contribution in [3.05, 3.63) is 34.9 Å². The highest BCUT2D eigenvalue weighted by atomic mass is 32.1. The number of hydrogen-bond donors (Lipinski definition) is 2. The Bertz CT molecular complexity index is 629. The Kier molecular flexibility index (Phi) is 4.00. The second-order valence-corrected chi connectivity index (χ2v) is 5.95. The number of amides is 3. The van der Waals surface area contributed by atoms with Gasteiger partial charge in [-0.1, -0.05) is 31.3 Å². The van der Waals surface area contributed by atoms with Crippen LogP contribution in [0.1, 0.15) is 37.0 Å². The Balaban J connectivity index is 2.25. The first-order valence-corrected chi connectivity index (χ1v) is 7.22. The molecule has 1 aliphatic rings. The molecule has 0 bridgehead atoms. The van der Waals surface area contributed by atoms with Gasteiger partial charge in [-0.3, -0.25) is 9.69 Å². The zero-order valence-corrected chi connectivity index (χ0v) is 13.2. The van der Waals surface area contributed by atoms with Crippen molar-refractivity contribution in [2.75, 3.05) is 0 Å². The first-order valence-electron chi connectivity index (χ1n) is 6.82. The molecule has 5 nitrogen and oxygen atoms in total. The Hall–Kier alpha value is -1.95. The lowest BCUT2D eigenvalue weighted by atomic mass is 9.99. The summed E-state index contributed by atoms with van der Waals surface area (Å²) in [6, 6.07) is 5.19. The van der Waals surface area contributed by atoms with Crippen LogP contribution in [-0.2, 0) is 11.3 Å². The number of carbonyl (C=O) groups excluding carboxylic acids is 2. The van der Waals surface area contributed by atoms with Crippen LogP contribution in [0.3, 0.4) is 0 Å². The summed E-state index contributed by atoms with van der Waals surface area (Å²) in [4.78, 5) is 26.0. The summed E-state index contributed by atoms with van der Waals surface area (Å²) in [7, 11) is 0. The molecule has 6 heteroatoms. The van der Waals surface area contributed by atoms with Crippen LogP contribution >= 0.6 is 12.2 Å². The normalized spacial score (nSPS) is 21.6. The molecule has 0 radical (unpaired) electrons. The molecule has 21 heavy (non-hydrogen) atoms. The highest BCUT2D eigenvalue weighted by Crippen LogP contribution is 2.23. The average Bonchev–Trinajstić information content (AvgIpc) is 2.64. The Morgan fingerprint density at radius 1 is 1.43 bits per heavy atom. The van der Waals surface area contributed by atoms with Crippen molar-refractivity contribution in [3.63, 3.8) is 0 Å². The molecule has 1 fully saturated rings. The van der Waals surface area contributed by atoms with Crippen molar-refractivity contribution in [3.8, 4) is 0 Å². The lowest BCUT2D eigenvalue weighted by Gasteiger charge is -2.20. The molecular formula is C15H19N3O2S. The van der Waals surface area contributed by atoms with Gasteiger partial charge in [0, 0.05) is 5.56 Å². The molecule has 1 aliphatic heterocycles. The lowest BCUT2D eigenvalue weighted by Crippen LogP contribution is -2.43. The molecule has 2 rings (SSSR count). The van der Waals surface area contributed by atoms with Gasteiger partial charge in [0.2, 0.25) is 0 Å². The van der Waals surface area contributed by atoms with Crippen LogP contribution in [0, 0.1) is 6.92 Å². The van der Waals surface area contributed by atoms with Gasteiger partial charge in [0.25, 0.3) is 5.91 Å². The number of nitrogens with zero attached hydrogens (tertiary/aromatic N) is 1. The number of urea groups is 1. The molecule has 1 aromatic rings. The van der Waals surface area contributed by atoms with E-state index in [1.807, 2.05) is 32.0 Å². The minimum atomic E-state index is -0.802. The van der Waals surface area contributed by atoms with Gasteiger partial charge in [-0.25, -0.2) is 4.79 Å². The van der Waals surface area contributed by atoms with Crippen molar-refractivity contribution in [2.45, 2.75) is 39.3 Å². The van der Waals surface area contributed by atoms with E-state index in [0.717, 1.165) is 16.7 Å². The summed E-state index contributed by atoms with van der Waals surface area (Å²) >= 11 is 4.94. The Morgan fingerprint density at radius 3 is 2.57 bits per heavy atom. The fourth-order valence-electron chi connectivity index (χ4n) is 2.33. The van der Waals surface area contributed by atoms with Gasteiger partial charge in [-0.15, -0.1) is 0 Å². The van der Waals surface area contributed by atoms with Gasteiger partial charge in [0.1, 0.15) is 10.5 Å². The van der Waals surface area contributed by atoms with E-state index in [1.54, 1.807) is 6.92 Å². The molecule has 1 heterocycles.